The summed E-state index contributed by atoms with van der Waals surface area (Å²) in [6.07, 6.45) is 2.87. The van der Waals surface area contributed by atoms with Crippen LogP contribution in [0.25, 0.3) is 5.69 Å². The van der Waals surface area contributed by atoms with Crippen molar-refractivity contribution in [3.63, 3.8) is 0 Å². The predicted molar refractivity (Wildman–Crippen MR) is 108 cm³/mol. The van der Waals surface area contributed by atoms with Gasteiger partial charge in [0.1, 0.15) is 6.33 Å². The van der Waals surface area contributed by atoms with Crippen molar-refractivity contribution < 1.29 is 14.4 Å². The second-order valence-electron chi connectivity index (χ2n) is 6.73. The minimum Gasteiger partial charge on any atom is -0.343 e. The summed E-state index contributed by atoms with van der Waals surface area (Å²) in [7, 11) is 0. The van der Waals surface area contributed by atoms with Crippen LogP contribution in [0.5, 0.6) is 0 Å². The van der Waals surface area contributed by atoms with Crippen LogP contribution in [0, 0.1) is 0 Å². The highest BCUT2D eigenvalue weighted by molar-refractivity contribution is 6.00. The number of hydrogen-bond donors (Lipinski definition) is 2. The molecule has 2 heterocycles. The van der Waals surface area contributed by atoms with Crippen LogP contribution in [-0.4, -0.2) is 51.0 Å². The number of benzene rings is 2. The van der Waals surface area contributed by atoms with Gasteiger partial charge >= 0.3 is 0 Å². The Hall–Kier alpha value is -4.08. The molecule has 30 heavy (non-hydrogen) atoms. The van der Waals surface area contributed by atoms with Crippen LogP contribution < -0.4 is 15.5 Å². The Morgan fingerprint density at radius 3 is 2.37 bits per heavy atom. The van der Waals surface area contributed by atoms with E-state index in [-0.39, 0.29) is 24.3 Å². The van der Waals surface area contributed by atoms with Crippen molar-refractivity contribution in [2.75, 3.05) is 23.3 Å². The fourth-order valence-corrected chi connectivity index (χ4v) is 3.16. The smallest absolute Gasteiger partial charge is 0.251 e. The van der Waals surface area contributed by atoms with E-state index in [0.29, 0.717) is 24.2 Å². The molecular formula is C20H19N7O3. The summed E-state index contributed by atoms with van der Waals surface area (Å²) < 4.78 is 1.50. The Morgan fingerprint density at radius 2 is 1.73 bits per heavy atom. The van der Waals surface area contributed by atoms with Gasteiger partial charge in [0.25, 0.3) is 5.91 Å². The molecule has 10 nitrogen and oxygen atoms in total. The maximum atomic E-state index is 12.3. The molecule has 3 amide bonds. The van der Waals surface area contributed by atoms with Crippen molar-refractivity contribution >= 4 is 29.1 Å². The molecular weight excluding hydrogens is 386 g/mol. The molecule has 1 aromatic heterocycles. The number of rotatable bonds is 6. The Bertz CT molecular complexity index is 1050. The largest absolute Gasteiger partial charge is 0.343 e. The molecule has 0 radical (unpaired) electrons. The van der Waals surface area contributed by atoms with Crippen LogP contribution in [0.4, 0.5) is 11.4 Å². The summed E-state index contributed by atoms with van der Waals surface area (Å²) in [5.41, 5.74) is 2.54. The third-order valence-corrected chi connectivity index (χ3v) is 4.69. The van der Waals surface area contributed by atoms with Crippen molar-refractivity contribution in [3.8, 4) is 5.69 Å². The van der Waals surface area contributed by atoms with Gasteiger partial charge in [0, 0.05) is 29.9 Å². The molecule has 1 aliphatic rings. The minimum absolute atomic E-state index is 0.0925. The van der Waals surface area contributed by atoms with Gasteiger partial charge in [-0.3, -0.25) is 14.4 Å². The fourth-order valence-electron chi connectivity index (χ4n) is 3.16. The minimum atomic E-state index is -0.363. The zero-order valence-corrected chi connectivity index (χ0v) is 16.0. The van der Waals surface area contributed by atoms with Gasteiger partial charge in [-0.25, -0.2) is 4.68 Å². The lowest BCUT2D eigenvalue weighted by molar-refractivity contribution is -0.117. The van der Waals surface area contributed by atoms with Crippen LogP contribution in [0.15, 0.2) is 54.9 Å². The average molecular weight is 405 g/mol. The molecule has 1 aliphatic heterocycles. The number of carbonyl (C=O) groups is 3. The SMILES string of the molecule is O=C(CNC(=O)c1ccc(N2CCCC2=O)cc1)Nc1ccc(-n2cnnn2)cc1. The first-order chi connectivity index (χ1) is 14.6. The van der Waals surface area contributed by atoms with Gasteiger partial charge in [-0.15, -0.1) is 5.10 Å². The topological polar surface area (TPSA) is 122 Å². The van der Waals surface area contributed by atoms with Gasteiger partial charge in [0.2, 0.25) is 11.8 Å². The van der Waals surface area contributed by atoms with E-state index >= 15 is 0 Å². The van der Waals surface area contributed by atoms with E-state index in [0.717, 1.165) is 17.8 Å². The number of hydrogen-bond acceptors (Lipinski definition) is 6. The lowest BCUT2D eigenvalue weighted by Crippen LogP contribution is -2.32. The Balaban J connectivity index is 1.28. The standard InChI is InChI=1S/C20H19N7O3/c28-18(23-15-5-9-17(10-6-15)27-13-22-24-25-27)12-21-20(30)14-3-7-16(8-4-14)26-11-1-2-19(26)29/h3-10,13H,1-2,11-12H2,(H,21,30)(H,23,28). The highest BCUT2D eigenvalue weighted by atomic mass is 16.2. The first-order valence-electron chi connectivity index (χ1n) is 9.42. The van der Waals surface area contributed by atoms with Crippen LogP contribution in [0.1, 0.15) is 23.2 Å². The van der Waals surface area contributed by atoms with Gasteiger partial charge in [-0.2, -0.15) is 0 Å². The fraction of sp³-hybridized carbons (Fsp3) is 0.200. The van der Waals surface area contributed by atoms with Gasteiger partial charge in [-0.05, 0) is 65.4 Å². The van der Waals surface area contributed by atoms with Crippen molar-refractivity contribution in [2.45, 2.75) is 12.8 Å². The summed E-state index contributed by atoms with van der Waals surface area (Å²) in [5.74, 6) is -0.619. The summed E-state index contributed by atoms with van der Waals surface area (Å²) in [6, 6.07) is 13.7. The van der Waals surface area contributed by atoms with Gasteiger partial charge in [0.05, 0.1) is 12.2 Å². The van der Waals surface area contributed by atoms with E-state index in [9.17, 15) is 14.4 Å². The first kappa shape index (κ1) is 19.2. The Labute approximate surface area is 171 Å². The third-order valence-electron chi connectivity index (χ3n) is 4.69. The Morgan fingerprint density at radius 1 is 1.00 bits per heavy atom. The van der Waals surface area contributed by atoms with Crippen LogP contribution in [0.3, 0.4) is 0 Å². The molecule has 2 N–H and O–H groups in total. The molecule has 0 unspecified atom stereocenters. The maximum absolute atomic E-state index is 12.3. The molecule has 0 saturated carbocycles. The second-order valence-corrected chi connectivity index (χ2v) is 6.73. The van der Waals surface area contributed by atoms with Gasteiger partial charge in [0.15, 0.2) is 0 Å². The van der Waals surface area contributed by atoms with E-state index in [2.05, 4.69) is 26.2 Å². The highest BCUT2D eigenvalue weighted by Crippen LogP contribution is 2.21. The number of aromatic nitrogens is 4. The zero-order valence-electron chi connectivity index (χ0n) is 16.0. The third kappa shape index (κ3) is 4.32. The number of nitrogens with zero attached hydrogens (tertiary/aromatic N) is 5. The van der Waals surface area contributed by atoms with Crippen LogP contribution in [-0.2, 0) is 9.59 Å². The average Bonchev–Trinajstić information content (AvgIpc) is 3.45. The maximum Gasteiger partial charge on any atom is 0.251 e. The summed E-state index contributed by atoms with van der Waals surface area (Å²) >= 11 is 0. The number of carbonyl (C=O) groups excluding carboxylic acids is 3. The number of nitrogens with one attached hydrogen (secondary N) is 2. The number of tetrazole rings is 1. The van der Waals surface area contributed by atoms with E-state index in [1.54, 1.807) is 53.4 Å². The molecule has 3 aromatic rings. The highest BCUT2D eigenvalue weighted by Gasteiger charge is 2.21. The van der Waals surface area contributed by atoms with E-state index < -0.39 is 0 Å². The Kier molecular flexibility index (Phi) is 5.46. The van der Waals surface area contributed by atoms with Crippen molar-refractivity contribution in [3.05, 3.63) is 60.4 Å². The molecule has 0 aliphatic carbocycles. The van der Waals surface area contributed by atoms with Crippen LogP contribution in [0.2, 0.25) is 0 Å². The zero-order chi connectivity index (χ0) is 20.9. The first-order valence-corrected chi connectivity index (χ1v) is 9.42. The predicted octanol–water partition coefficient (Wildman–Crippen LogP) is 1.16. The van der Waals surface area contributed by atoms with Crippen LogP contribution >= 0.6 is 0 Å². The summed E-state index contributed by atoms with van der Waals surface area (Å²) in [4.78, 5) is 37.9. The van der Waals surface area contributed by atoms with Crippen molar-refractivity contribution in [2.24, 2.45) is 0 Å². The molecule has 0 spiro atoms. The van der Waals surface area contributed by atoms with E-state index in [1.165, 1.54) is 11.0 Å². The van der Waals surface area contributed by atoms with Gasteiger partial charge < -0.3 is 15.5 Å². The monoisotopic (exact) mass is 405 g/mol. The van der Waals surface area contributed by atoms with Crippen molar-refractivity contribution in [1.82, 2.24) is 25.5 Å². The quantitative estimate of drug-likeness (QED) is 0.635. The molecule has 4 rings (SSSR count). The lowest BCUT2D eigenvalue weighted by atomic mass is 10.2. The molecule has 152 valence electrons. The second kappa shape index (κ2) is 8.52. The normalized spacial score (nSPS) is 13.3. The lowest BCUT2D eigenvalue weighted by Gasteiger charge is -2.15. The van der Waals surface area contributed by atoms with E-state index in [1.807, 2.05) is 0 Å². The van der Waals surface area contributed by atoms with Crippen molar-refractivity contribution in [1.29, 1.82) is 0 Å². The molecule has 2 aromatic carbocycles. The molecule has 0 bridgehead atoms. The van der Waals surface area contributed by atoms with Gasteiger partial charge in [-0.1, -0.05) is 0 Å². The molecule has 1 saturated heterocycles. The summed E-state index contributed by atoms with van der Waals surface area (Å²) in [6.45, 7) is 0.529. The summed E-state index contributed by atoms with van der Waals surface area (Å²) in [5, 5.41) is 16.2. The number of amides is 3. The molecule has 1 fully saturated rings. The number of anilines is 2. The van der Waals surface area contributed by atoms with E-state index in [4.69, 9.17) is 0 Å². The molecule has 0 atom stereocenters. The molecule has 10 heteroatoms.